The van der Waals surface area contributed by atoms with Crippen LogP contribution >= 0.6 is 0 Å². The average molecular weight is 390 g/mol. The number of benzene rings is 1. The second-order valence-electron chi connectivity index (χ2n) is 6.47. The van der Waals surface area contributed by atoms with Crippen molar-refractivity contribution in [1.82, 2.24) is 15.5 Å². The van der Waals surface area contributed by atoms with Gasteiger partial charge in [0.2, 0.25) is 5.91 Å². The summed E-state index contributed by atoms with van der Waals surface area (Å²) in [4.78, 5) is 17.6. The number of nitrogens with zero attached hydrogens (tertiary/aromatic N) is 2. The summed E-state index contributed by atoms with van der Waals surface area (Å²) in [5.74, 6) is 1.56. The predicted octanol–water partition coefficient (Wildman–Crippen LogP) is 2.05. The van der Waals surface area contributed by atoms with Crippen LogP contribution < -0.4 is 15.4 Å². The first-order valence-corrected chi connectivity index (χ1v) is 9.11. The SMILES string of the molecule is CC(CNC(=NCC(=O)N(C)C)NCCc1ccco1)Oc1ccc(F)cc1. The summed E-state index contributed by atoms with van der Waals surface area (Å²) in [5.41, 5.74) is 0. The maximum absolute atomic E-state index is 13.0. The molecule has 7 nitrogen and oxygen atoms in total. The van der Waals surface area contributed by atoms with Crippen LogP contribution in [0.5, 0.6) is 5.75 Å². The maximum atomic E-state index is 13.0. The monoisotopic (exact) mass is 390 g/mol. The van der Waals surface area contributed by atoms with E-state index in [4.69, 9.17) is 9.15 Å². The molecule has 0 aliphatic heterocycles. The quantitative estimate of drug-likeness (QED) is 0.506. The summed E-state index contributed by atoms with van der Waals surface area (Å²) < 4.78 is 24.0. The highest BCUT2D eigenvalue weighted by Gasteiger charge is 2.08. The molecule has 1 aromatic heterocycles. The lowest BCUT2D eigenvalue weighted by atomic mass is 10.3. The van der Waals surface area contributed by atoms with Gasteiger partial charge in [-0.2, -0.15) is 0 Å². The summed E-state index contributed by atoms with van der Waals surface area (Å²) in [6.45, 7) is 2.99. The van der Waals surface area contributed by atoms with Crippen molar-refractivity contribution in [2.45, 2.75) is 19.4 Å². The lowest BCUT2D eigenvalue weighted by Crippen LogP contribution is -2.43. The first kappa shape index (κ1) is 21.3. The first-order valence-electron chi connectivity index (χ1n) is 9.11. The van der Waals surface area contributed by atoms with E-state index in [2.05, 4.69) is 15.6 Å². The Morgan fingerprint density at radius 1 is 1.25 bits per heavy atom. The molecule has 0 saturated carbocycles. The summed E-state index contributed by atoms with van der Waals surface area (Å²) in [6.07, 6.45) is 2.14. The van der Waals surface area contributed by atoms with Crippen molar-refractivity contribution in [2.24, 2.45) is 4.99 Å². The minimum absolute atomic E-state index is 0.0380. The topological polar surface area (TPSA) is 79.1 Å². The van der Waals surface area contributed by atoms with Gasteiger partial charge in [0.05, 0.1) is 12.8 Å². The van der Waals surface area contributed by atoms with Gasteiger partial charge in [0.15, 0.2) is 5.96 Å². The van der Waals surface area contributed by atoms with Crippen LogP contribution in [0.3, 0.4) is 0 Å². The first-order chi connectivity index (χ1) is 13.4. The van der Waals surface area contributed by atoms with Crippen LogP contribution in [0.15, 0.2) is 52.1 Å². The maximum Gasteiger partial charge on any atom is 0.243 e. The zero-order valence-electron chi connectivity index (χ0n) is 16.4. The molecule has 0 radical (unpaired) electrons. The normalized spacial score (nSPS) is 12.4. The van der Waals surface area contributed by atoms with Gasteiger partial charge in [-0.1, -0.05) is 0 Å². The van der Waals surface area contributed by atoms with Gasteiger partial charge in [-0.3, -0.25) is 4.79 Å². The number of carbonyl (C=O) groups is 1. The highest BCUT2D eigenvalue weighted by Crippen LogP contribution is 2.12. The Morgan fingerprint density at radius 2 is 2.00 bits per heavy atom. The molecule has 1 atom stereocenters. The molecule has 1 heterocycles. The number of hydrogen-bond acceptors (Lipinski definition) is 4. The van der Waals surface area contributed by atoms with Crippen molar-refractivity contribution in [3.63, 3.8) is 0 Å². The fraction of sp³-hybridized carbons (Fsp3) is 0.400. The number of nitrogens with one attached hydrogen (secondary N) is 2. The number of rotatable bonds is 9. The van der Waals surface area contributed by atoms with Crippen molar-refractivity contribution in [3.8, 4) is 5.75 Å². The van der Waals surface area contributed by atoms with Crippen LogP contribution in [0.25, 0.3) is 0 Å². The molecule has 0 spiro atoms. The molecular weight excluding hydrogens is 363 g/mol. The molecule has 152 valence electrons. The largest absolute Gasteiger partial charge is 0.489 e. The average Bonchev–Trinajstić information content (AvgIpc) is 3.18. The Morgan fingerprint density at radius 3 is 2.64 bits per heavy atom. The van der Waals surface area contributed by atoms with Crippen molar-refractivity contribution in [1.29, 1.82) is 0 Å². The van der Waals surface area contributed by atoms with Crippen molar-refractivity contribution < 1.29 is 18.3 Å². The van der Waals surface area contributed by atoms with Crippen molar-refractivity contribution >= 4 is 11.9 Å². The van der Waals surface area contributed by atoms with Gasteiger partial charge in [0.25, 0.3) is 0 Å². The number of furan rings is 1. The molecule has 0 aliphatic carbocycles. The Labute approximate surface area is 164 Å². The molecule has 2 N–H and O–H groups in total. The van der Waals surface area contributed by atoms with Gasteiger partial charge in [0.1, 0.15) is 30.0 Å². The highest BCUT2D eigenvalue weighted by molar-refractivity contribution is 5.84. The summed E-state index contributed by atoms with van der Waals surface area (Å²) >= 11 is 0. The van der Waals surface area contributed by atoms with E-state index in [-0.39, 0.29) is 24.4 Å². The van der Waals surface area contributed by atoms with E-state index < -0.39 is 0 Å². The number of likely N-dealkylation sites (N-methyl/N-ethyl adjacent to an activating group) is 1. The van der Waals surface area contributed by atoms with E-state index >= 15 is 0 Å². The number of hydrogen-bond donors (Lipinski definition) is 2. The van der Waals surface area contributed by atoms with Crippen LogP contribution in [-0.4, -0.2) is 56.6 Å². The van der Waals surface area contributed by atoms with E-state index in [0.717, 1.165) is 5.76 Å². The molecule has 8 heteroatoms. The molecule has 0 saturated heterocycles. The number of carbonyl (C=O) groups excluding carboxylic acids is 1. The summed E-state index contributed by atoms with van der Waals surface area (Å²) in [7, 11) is 3.38. The highest BCUT2D eigenvalue weighted by atomic mass is 19.1. The standard InChI is InChI=1S/C20H27FN4O3/c1-15(28-18-8-6-16(21)7-9-18)13-23-20(24-14-19(26)25(2)3)22-11-10-17-5-4-12-27-17/h4-9,12,15H,10-11,13-14H2,1-3H3,(H2,22,23,24). The van der Waals surface area contributed by atoms with Gasteiger partial charge in [-0.25, -0.2) is 9.38 Å². The smallest absolute Gasteiger partial charge is 0.243 e. The van der Waals surface area contributed by atoms with Gasteiger partial charge in [-0.15, -0.1) is 0 Å². The van der Waals surface area contributed by atoms with Crippen molar-refractivity contribution in [2.75, 3.05) is 33.7 Å². The molecule has 1 amide bonds. The molecule has 28 heavy (non-hydrogen) atoms. The van der Waals surface area contributed by atoms with E-state index in [1.54, 1.807) is 32.5 Å². The molecule has 0 aliphatic rings. The van der Waals surface area contributed by atoms with Crippen molar-refractivity contribution in [3.05, 3.63) is 54.2 Å². The van der Waals surface area contributed by atoms with Gasteiger partial charge in [-0.05, 0) is 43.3 Å². The third kappa shape index (κ3) is 7.69. The van der Waals surface area contributed by atoms with Crippen LogP contribution in [0.4, 0.5) is 4.39 Å². The Kier molecular flexibility index (Phi) is 8.33. The van der Waals surface area contributed by atoms with Crippen LogP contribution in [0.1, 0.15) is 12.7 Å². The third-order valence-electron chi connectivity index (χ3n) is 3.82. The van der Waals surface area contributed by atoms with Gasteiger partial charge >= 0.3 is 0 Å². The lowest BCUT2D eigenvalue weighted by molar-refractivity contribution is -0.127. The van der Waals surface area contributed by atoms with E-state index in [1.165, 1.54) is 17.0 Å². The fourth-order valence-corrected chi connectivity index (χ4v) is 2.25. The molecule has 2 rings (SSSR count). The van der Waals surface area contributed by atoms with E-state index in [1.807, 2.05) is 19.1 Å². The minimum Gasteiger partial charge on any atom is -0.489 e. The van der Waals surface area contributed by atoms with Crippen LogP contribution in [0.2, 0.25) is 0 Å². The number of amides is 1. The molecular formula is C20H27FN4O3. The predicted molar refractivity (Wildman–Crippen MR) is 106 cm³/mol. The van der Waals surface area contributed by atoms with E-state index in [0.29, 0.717) is 31.2 Å². The number of aliphatic imine (C=N–C) groups is 1. The Hall–Kier alpha value is -3.03. The molecule has 0 fully saturated rings. The molecule has 1 unspecified atom stereocenters. The second kappa shape index (κ2) is 11.0. The zero-order chi connectivity index (χ0) is 20.4. The summed E-state index contributed by atoms with van der Waals surface area (Å²) in [5, 5.41) is 6.35. The zero-order valence-corrected chi connectivity index (χ0v) is 16.4. The summed E-state index contributed by atoms with van der Waals surface area (Å²) in [6, 6.07) is 9.61. The number of ether oxygens (including phenoxy) is 1. The molecule has 2 aromatic rings. The molecule has 0 bridgehead atoms. The number of halogens is 1. The third-order valence-corrected chi connectivity index (χ3v) is 3.82. The van der Waals surface area contributed by atoms with Gasteiger partial charge < -0.3 is 24.7 Å². The van der Waals surface area contributed by atoms with Gasteiger partial charge in [0, 0.05) is 27.1 Å². The minimum atomic E-state index is -0.307. The number of guanidine groups is 1. The lowest BCUT2D eigenvalue weighted by Gasteiger charge is -2.18. The Bertz CT molecular complexity index is 745. The van der Waals surface area contributed by atoms with Crippen LogP contribution in [-0.2, 0) is 11.2 Å². The van der Waals surface area contributed by atoms with E-state index in [9.17, 15) is 9.18 Å². The fourth-order valence-electron chi connectivity index (χ4n) is 2.25. The second-order valence-corrected chi connectivity index (χ2v) is 6.47. The molecule has 1 aromatic carbocycles. The Balaban J connectivity index is 1.86. The van der Waals surface area contributed by atoms with Crippen LogP contribution in [0, 0.1) is 5.82 Å².